The van der Waals surface area contributed by atoms with Gasteiger partial charge in [-0.1, -0.05) is 0 Å². The smallest absolute Gasteiger partial charge is 0.226 e. The van der Waals surface area contributed by atoms with Crippen LogP contribution in [0, 0.1) is 0 Å². The lowest BCUT2D eigenvalue weighted by Gasteiger charge is -2.09. The number of amides is 1. The number of ether oxygens (including phenoxy) is 1. The highest BCUT2D eigenvalue weighted by atomic mass is 35.5. The van der Waals surface area contributed by atoms with Crippen molar-refractivity contribution in [3.63, 3.8) is 0 Å². The number of carbonyl (C=O) groups excluding carboxylic acids is 1. The van der Waals surface area contributed by atoms with Gasteiger partial charge in [0.25, 0.3) is 0 Å². The zero-order valence-electron chi connectivity index (χ0n) is 10.2. The van der Waals surface area contributed by atoms with Crippen LogP contribution in [0.4, 0.5) is 0 Å². The molecule has 0 saturated carbocycles. The Morgan fingerprint density at radius 2 is 2.56 bits per heavy atom. The summed E-state index contributed by atoms with van der Waals surface area (Å²) in [7, 11) is 0. The van der Waals surface area contributed by atoms with E-state index in [2.05, 4.69) is 10.3 Å². The normalized spacial score (nSPS) is 19.1. The topological polar surface area (TPSA) is 51.2 Å². The molecule has 1 unspecified atom stereocenters. The lowest BCUT2D eigenvalue weighted by Crippen LogP contribution is -2.28. The fraction of sp³-hybridized carbons (Fsp3) is 0.667. The first-order valence-electron chi connectivity index (χ1n) is 6.15. The molecule has 100 valence electrons. The third-order valence-corrected chi connectivity index (χ3v) is 4.03. The predicted octanol–water partition coefficient (Wildman–Crippen LogP) is 2.11. The van der Waals surface area contributed by atoms with Crippen LogP contribution in [0.5, 0.6) is 0 Å². The largest absolute Gasteiger partial charge is 0.378 e. The Kier molecular flexibility index (Phi) is 5.41. The van der Waals surface area contributed by atoms with Crippen LogP contribution in [-0.4, -0.2) is 30.1 Å². The monoisotopic (exact) mass is 288 g/mol. The molecule has 1 atom stereocenters. The van der Waals surface area contributed by atoms with Gasteiger partial charge in [-0.05, 0) is 19.3 Å². The van der Waals surface area contributed by atoms with Gasteiger partial charge in [-0.3, -0.25) is 4.79 Å². The first-order valence-corrected chi connectivity index (χ1v) is 7.57. The molecule has 1 amide bonds. The maximum Gasteiger partial charge on any atom is 0.226 e. The van der Waals surface area contributed by atoms with Gasteiger partial charge in [-0.25, -0.2) is 4.98 Å². The van der Waals surface area contributed by atoms with E-state index in [0.29, 0.717) is 24.9 Å². The Hall–Kier alpha value is -0.650. The zero-order chi connectivity index (χ0) is 12.8. The number of thiazole rings is 1. The van der Waals surface area contributed by atoms with Gasteiger partial charge in [-0.2, -0.15) is 0 Å². The molecule has 0 aliphatic carbocycles. The van der Waals surface area contributed by atoms with E-state index < -0.39 is 0 Å². The van der Waals surface area contributed by atoms with Crippen molar-refractivity contribution in [3.8, 4) is 0 Å². The van der Waals surface area contributed by atoms with Crippen LogP contribution in [0.1, 0.15) is 30.0 Å². The fourth-order valence-corrected chi connectivity index (χ4v) is 2.96. The third kappa shape index (κ3) is 4.23. The minimum absolute atomic E-state index is 0.0171. The summed E-state index contributed by atoms with van der Waals surface area (Å²) in [6.45, 7) is 1.54. The van der Waals surface area contributed by atoms with Crippen molar-refractivity contribution in [2.45, 2.75) is 37.7 Å². The van der Waals surface area contributed by atoms with Crippen LogP contribution in [0.3, 0.4) is 0 Å². The summed E-state index contributed by atoms with van der Waals surface area (Å²) in [5, 5.41) is 5.61. The molecule has 1 aliphatic rings. The number of carbonyl (C=O) groups is 1. The average Bonchev–Trinajstić information content (AvgIpc) is 3.00. The molecule has 2 rings (SSSR count). The summed E-state index contributed by atoms with van der Waals surface area (Å²) in [6, 6.07) is 0. The lowest BCUT2D eigenvalue weighted by molar-refractivity contribution is -0.120. The number of hydrogen-bond acceptors (Lipinski definition) is 4. The van der Waals surface area contributed by atoms with Gasteiger partial charge in [0.1, 0.15) is 5.01 Å². The minimum Gasteiger partial charge on any atom is -0.378 e. The molecule has 1 saturated heterocycles. The van der Waals surface area contributed by atoms with Gasteiger partial charge in [0.15, 0.2) is 0 Å². The predicted molar refractivity (Wildman–Crippen MR) is 72.0 cm³/mol. The van der Waals surface area contributed by atoms with E-state index in [9.17, 15) is 4.79 Å². The van der Waals surface area contributed by atoms with Gasteiger partial charge in [-0.15, -0.1) is 22.9 Å². The van der Waals surface area contributed by atoms with Gasteiger partial charge in [0, 0.05) is 18.5 Å². The summed E-state index contributed by atoms with van der Waals surface area (Å²) in [4.78, 5) is 15.9. The molecule has 0 spiro atoms. The van der Waals surface area contributed by atoms with Crippen molar-refractivity contribution in [3.05, 3.63) is 16.1 Å². The van der Waals surface area contributed by atoms with E-state index in [1.54, 1.807) is 0 Å². The molecule has 0 bridgehead atoms. The number of rotatable bonds is 6. The molecule has 2 heterocycles. The Labute approximate surface area is 116 Å². The van der Waals surface area contributed by atoms with E-state index in [-0.39, 0.29) is 5.91 Å². The highest BCUT2D eigenvalue weighted by molar-refractivity contribution is 7.09. The van der Waals surface area contributed by atoms with E-state index in [1.165, 1.54) is 11.3 Å². The molecule has 1 N–H and O–H groups in total. The standard InChI is InChI=1S/C12H17ClN2O2S/c13-7-9-8-18-12(15-9)6-11(16)14-4-3-10-2-1-5-17-10/h8,10H,1-7H2,(H,14,16). The number of hydrogen-bond donors (Lipinski definition) is 1. The number of nitrogens with one attached hydrogen (secondary N) is 1. The van der Waals surface area contributed by atoms with Crippen LogP contribution in [0.25, 0.3) is 0 Å². The van der Waals surface area contributed by atoms with Crippen molar-refractivity contribution in [2.24, 2.45) is 0 Å². The van der Waals surface area contributed by atoms with Crippen LogP contribution < -0.4 is 5.32 Å². The molecule has 18 heavy (non-hydrogen) atoms. The Morgan fingerprint density at radius 1 is 1.67 bits per heavy atom. The van der Waals surface area contributed by atoms with Crippen molar-refractivity contribution >= 4 is 28.8 Å². The van der Waals surface area contributed by atoms with E-state index in [4.69, 9.17) is 16.3 Å². The van der Waals surface area contributed by atoms with Crippen LogP contribution >= 0.6 is 22.9 Å². The highest BCUT2D eigenvalue weighted by Crippen LogP contribution is 2.14. The van der Waals surface area contributed by atoms with Crippen molar-refractivity contribution in [1.82, 2.24) is 10.3 Å². The molecular formula is C12H17ClN2O2S. The van der Waals surface area contributed by atoms with E-state index in [0.717, 1.165) is 36.6 Å². The van der Waals surface area contributed by atoms with Crippen LogP contribution in [-0.2, 0) is 21.8 Å². The minimum atomic E-state index is 0.0171. The van der Waals surface area contributed by atoms with E-state index in [1.807, 2.05) is 5.38 Å². The molecule has 1 fully saturated rings. The van der Waals surface area contributed by atoms with Gasteiger partial charge >= 0.3 is 0 Å². The summed E-state index contributed by atoms with van der Waals surface area (Å²) >= 11 is 7.14. The summed E-state index contributed by atoms with van der Waals surface area (Å²) < 4.78 is 5.49. The first-order chi connectivity index (χ1) is 8.78. The number of halogens is 1. The molecular weight excluding hydrogens is 272 g/mol. The molecule has 0 aromatic carbocycles. The SMILES string of the molecule is O=C(Cc1nc(CCl)cs1)NCCC1CCCO1. The molecule has 4 nitrogen and oxygen atoms in total. The summed E-state index contributed by atoms with van der Waals surface area (Å²) in [6.07, 6.45) is 3.82. The van der Waals surface area contributed by atoms with Crippen molar-refractivity contribution < 1.29 is 9.53 Å². The van der Waals surface area contributed by atoms with Gasteiger partial charge in [0.2, 0.25) is 5.91 Å². The third-order valence-electron chi connectivity index (χ3n) is 2.86. The molecule has 0 radical (unpaired) electrons. The molecule has 1 aromatic heterocycles. The lowest BCUT2D eigenvalue weighted by atomic mass is 10.2. The zero-order valence-corrected chi connectivity index (χ0v) is 11.7. The number of alkyl halides is 1. The average molecular weight is 289 g/mol. The van der Waals surface area contributed by atoms with Crippen LogP contribution in [0.2, 0.25) is 0 Å². The first kappa shape index (κ1) is 13.8. The highest BCUT2D eigenvalue weighted by Gasteiger charge is 2.15. The van der Waals surface area contributed by atoms with Crippen molar-refractivity contribution in [1.29, 1.82) is 0 Å². The van der Waals surface area contributed by atoms with Crippen LogP contribution in [0.15, 0.2) is 5.38 Å². The Morgan fingerprint density at radius 3 is 3.22 bits per heavy atom. The second-order valence-corrected chi connectivity index (χ2v) is 5.53. The summed E-state index contributed by atoms with van der Waals surface area (Å²) in [5.74, 6) is 0.417. The second kappa shape index (κ2) is 7.07. The number of nitrogens with zero attached hydrogens (tertiary/aromatic N) is 1. The second-order valence-electron chi connectivity index (χ2n) is 4.32. The van der Waals surface area contributed by atoms with E-state index >= 15 is 0 Å². The molecule has 1 aliphatic heterocycles. The Balaban J connectivity index is 1.65. The quantitative estimate of drug-likeness (QED) is 0.816. The van der Waals surface area contributed by atoms with Gasteiger partial charge in [0.05, 0.1) is 24.1 Å². The number of aromatic nitrogens is 1. The maximum atomic E-state index is 11.7. The van der Waals surface area contributed by atoms with Gasteiger partial charge < -0.3 is 10.1 Å². The fourth-order valence-electron chi connectivity index (χ4n) is 1.94. The maximum absolute atomic E-state index is 11.7. The molecule has 6 heteroatoms. The Bertz CT molecular complexity index is 391. The summed E-state index contributed by atoms with van der Waals surface area (Å²) in [5.41, 5.74) is 0.837. The molecule has 1 aromatic rings. The van der Waals surface area contributed by atoms with Crippen molar-refractivity contribution in [2.75, 3.05) is 13.2 Å².